The maximum atomic E-state index is 13.4. The smallest absolute Gasteiger partial charge is 0.305 e. The molecule has 8 heteroatoms. The van der Waals surface area contributed by atoms with Gasteiger partial charge in [0, 0.05) is 11.6 Å². The predicted octanol–water partition coefficient (Wildman–Crippen LogP) is 3.81. The van der Waals surface area contributed by atoms with Crippen molar-refractivity contribution in [3.8, 4) is 0 Å². The third-order valence-corrected chi connectivity index (χ3v) is 2.42. The zero-order valence-electron chi connectivity index (χ0n) is 9.66. The molecule has 1 aromatic carbocycles. The fourth-order valence-corrected chi connectivity index (χ4v) is 1.54. The van der Waals surface area contributed by atoms with Gasteiger partial charge in [0.25, 0.3) is 0 Å². The molecule has 0 radical (unpaired) electrons. The molecule has 0 spiro atoms. The molecule has 1 rings (SSSR count). The molecule has 1 unspecified atom stereocenters. The van der Waals surface area contributed by atoms with Gasteiger partial charge in [-0.1, -0.05) is 13.0 Å². The lowest BCUT2D eigenvalue weighted by atomic mass is 9.99. The molecule has 0 bridgehead atoms. The van der Waals surface area contributed by atoms with Gasteiger partial charge in [-0.25, -0.2) is 8.78 Å². The minimum Gasteiger partial charge on any atom is -0.305 e. The second kappa shape index (κ2) is 5.36. The SMILES string of the molecule is CCNC(c1ccc(F)cc1F)C(F)(F)C(F)(F)F. The Morgan fingerprint density at radius 3 is 2.11 bits per heavy atom. The quantitative estimate of drug-likeness (QED) is 0.831. The van der Waals surface area contributed by atoms with E-state index in [0.717, 1.165) is 0 Å². The van der Waals surface area contributed by atoms with Crippen molar-refractivity contribution >= 4 is 0 Å². The minimum absolute atomic E-state index is 0.243. The van der Waals surface area contributed by atoms with Gasteiger partial charge < -0.3 is 5.32 Å². The van der Waals surface area contributed by atoms with E-state index in [1.807, 2.05) is 5.32 Å². The summed E-state index contributed by atoms with van der Waals surface area (Å²) in [5.41, 5.74) is -0.939. The first-order valence-corrected chi connectivity index (χ1v) is 5.24. The van der Waals surface area contributed by atoms with Crippen LogP contribution in [0.4, 0.5) is 30.7 Å². The predicted molar refractivity (Wildman–Crippen MR) is 53.8 cm³/mol. The Bertz CT molecular complexity index is 441. The monoisotopic (exact) mass is 289 g/mol. The Hall–Kier alpha value is -1.31. The van der Waals surface area contributed by atoms with Gasteiger partial charge in [0.05, 0.1) is 0 Å². The summed E-state index contributed by atoms with van der Waals surface area (Å²) in [5, 5.41) is 1.87. The van der Waals surface area contributed by atoms with E-state index in [-0.39, 0.29) is 12.6 Å². The summed E-state index contributed by atoms with van der Waals surface area (Å²) in [7, 11) is 0. The second-order valence-electron chi connectivity index (χ2n) is 3.78. The van der Waals surface area contributed by atoms with Gasteiger partial charge in [0.1, 0.15) is 17.7 Å². The highest BCUT2D eigenvalue weighted by atomic mass is 19.4. The van der Waals surface area contributed by atoms with Gasteiger partial charge in [0.2, 0.25) is 0 Å². The van der Waals surface area contributed by atoms with E-state index < -0.39 is 35.3 Å². The van der Waals surface area contributed by atoms with E-state index in [9.17, 15) is 30.7 Å². The molecule has 1 nitrogen and oxygen atoms in total. The molecule has 1 N–H and O–H groups in total. The third-order valence-electron chi connectivity index (χ3n) is 2.42. The van der Waals surface area contributed by atoms with Crippen LogP contribution in [-0.4, -0.2) is 18.6 Å². The first-order valence-electron chi connectivity index (χ1n) is 5.24. The van der Waals surface area contributed by atoms with Gasteiger partial charge in [-0.05, 0) is 12.6 Å². The Morgan fingerprint density at radius 1 is 1.11 bits per heavy atom. The number of benzene rings is 1. The molecule has 19 heavy (non-hydrogen) atoms. The number of rotatable bonds is 4. The summed E-state index contributed by atoms with van der Waals surface area (Å²) in [6.45, 7) is 1.05. The van der Waals surface area contributed by atoms with Crippen molar-refractivity contribution in [2.45, 2.75) is 25.1 Å². The zero-order chi connectivity index (χ0) is 14.8. The molecule has 1 atom stereocenters. The average Bonchev–Trinajstić information content (AvgIpc) is 2.25. The summed E-state index contributed by atoms with van der Waals surface area (Å²) < 4.78 is 89.6. The lowest BCUT2D eigenvalue weighted by Gasteiger charge is -2.29. The normalized spacial score (nSPS) is 14.5. The van der Waals surface area contributed by atoms with Gasteiger partial charge in [-0.3, -0.25) is 0 Å². The van der Waals surface area contributed by atoms with E-state index in [1.165, 1.54) is 6.92 Å². The van der Waals surface area contributed by atoms with Crippen LogP contribution in [-0.2, 0) is 0 Å². The molecule has 0 heterocycles. The average molecular weight is 289 g/mol. The van der Waals surface area contributed by atoms with Gasteiger partial charge in [0.15, 0.2) is 0 Å². The number of nitrogens with one attached hydrogen (secondary N) is 1. The van der Waals surface area contributed by atoms with E-state index in [1.54, 1.807) is 0 Å². The fourth-order valence-electron chi connectivity index (χ4n) is 1.54. The summed E-state index contributed by atoms with van der Waals surface area (Å²) in [4.78, 5) is 0. The standard InChI is InChI=1S/C11H10F7N/c1-2-19-9(10(14,15)11(16,17)18)7-4-3-6(12)5-8(7)13/h3-5,9,19H,2H2,1H3. The molecule has 0 amide bonds. The van der Waals surface area contributed by atoms with Gasteiger partial charge >= 0.3 is 12.1 Å². The Balaban J connectivity index is 3.28. The van der Waals surface area contributed by atoms with Crippen LogP contribution in [0.1, 0.15) is 18.5 Å². The van der Waals surface area contributed by atoms with Crippen molar-refractivity contribution in [3.63, 3.8) is 0 Å². The van der Waals surface area contributed by atoms with Crippen molar-refractivity contribution < 1.29 is 30.7 Å². The lowest BCUT2D eigenvalue weighted by molar-refractivity contribution is -0.294. The van der Waals surface area contributed by atoms with Crippen LogP contribution >= 0.6 is 0 Å². The van der Waals surface area contributed by atoms with Gasteiger partial charge in [-0.15, -0.1) is 0 Å². The van der Waals surface area contributed by atoms with Crippen LogP contribution in [0.25, 0.3) is 0 Å². The van der Waals surface area contributed by atoms with Crippen molar-refractivity contribution in [2.24, 2.45) is 0 Å². The number of hydrogen-bond donors (Lipinski definition) is 1. The van der Waals surface area contributed by atoms with Crippen molar-refractivity contribution in [1.82, 2.24) is 5.32 Å². The van der Waals surface area contributed by atoms with E-state index in [0.29, 0.717) is 12.1 Å². The number of alkyl halides is 5. The maximum absolute atomic E-state index is 13.4. The number of halogens is 7. The molecule has 0 saturated carbocycles. The zero-order valence-corrected chi connectivity index (χ0v) is 9.66. The first kappa shape index (κ1) is 15.7. The van der Waals surface area contributed by atoms with Crippen LogP contribution in [0.5, 0.6) is 0 Å². The molecule has 1 aromatic rings. The van der Waals surface area contributed by atoms with Crippen molar-refractivity contribution in [2.75, 3.05) is 6.54 Å². The van der Waals surface area contributed by atoms with E-state index in [4.69, 9.17) is 0 Å². The highest BCUT2D eigenvalue weighted by Gasteiger charge is 2.63. The van der Waals surface area contributed by atoms with Crippen LogP contribution in [0.2, 0.25) is 0 Å². The summed E-state index contributed by atoms with van der Waals surface area (Å²) >= 11 is 0. The highest BCUT2D eigenvalue weighted by Crippen LogP contribution is 2.44. The molecule has 0 aromatic heterocycles. The Labute approximate surface area is 104 Å². The van der Waals surface area contributed by atoms with E-state index >= 15 is 0 Å². The molecule has 0 aliphatic heterocycles. The molecular weight excluding hydrogens is 279 g/mol. The van der Waals surface area contributed by atoms with Crippen molar-refractivity contribution in [1.29, 1.82) is 0 Å². The van der Waals surface area contributed by atoms with E-state index in [2.05, 4.69) is 0 Å². The minimum atomic E-state index is -5.85. The summed E-state index contributed by atoms with van der Waals surface area (Å²) in [6, 6.07) is -1.17. The molecule has 0 aliphatic rings. The maximum Gasteiger partial charge on any atom is 0.455 e. The van der Waals surface area contributed by atoms with Crippen LogP contribution in [0.15, 0.2) is 18.2 Å². The number of hydrogen-bond acceptors (Lipinski definition) is 1. The van der Waals surface area contributed by atoms with Crippen LogP contribution < -0.4 is 5.32 Å². The fraction of sp³-hybridized carbons (Fsp3) is 0.455. The van der Waals surface area contributed by atoms with Crippen molar-refractivity contribution in [3.05, 3.63) is 35.4 Å². The Morgan fingerprint density at radius 2 is 1.68 bits per heavy atom. The van der Waals surface area contributed by atoms with Gasteiger partial charge in [-0.2, -0.15) is 22.0 Å². The molecule has 0 saturated heterocycles. The third kappa shape index (κ3) is 3.17. The Kier molecular flexibility index (Phi) is 4.44. The molecule has 0 aliphatic carbocycles. The lowest BCUT2D eigenvalue weighted by Crippen LogP contribution is -2.48. The first-order chi connectivity index (χ1) is 8.61. The second-order valence-corrected chi connectivity index (χ2v) is 3.78. The van der Waals surface area contributed by atoms with Crippen LogP contribution in [0.3, 0.4) is 0 Å². The summed E-state index contributed by atoms with van der Waals surface area (Å²) in [5.74, 6) is -7.71. The van der Waals surface area contributed by atoms with Crippen LogP contribution in [0, 0.1) is 11.6 Å². The summed E-state index contributed by atoms with van der Waals surface area (Å²) in [6.07, 6.45) is -5.85. The molecule has 0 fully saturated rings. The largest absolute Gasteiger partial charge is 0.455 e. The molecular formula is C11H10F7N. The highest BCUT2D eigenvalue weighted by molar-refractivity contribution is 5.25. The topological polar surface area (TPSA) is 12.0 Å². The molecule has 108 valence electrons.